The lowest BCUT2D eigenvalue weighted by molar-refractivity contribution is -0.121. The van der Waals surface area contributed by atoms with E-state index in [9.17, 15) is 17.6 Å². The third kappa shape index (κ3) is 7.40. The van der Waals surface area contributed by atoms with E-state index in [4.69, 9.17) is 0 Å². The minimum atomic E-state index is -3.60. The fourth-order valence-corrected chi connectivity index (χ4v) is 6.43. The van der Waals surface area contributed by atoms with E-state index in [-0.39, 0.29) is 36.0 Å². The van der Waals surface area contributed by atoms with Crippen LogP contribution in [0.2, 0.25) is 0 Å². The van der Waals surface area contributed by atoms with Gasteiger partial charge in [-0.3, -0.25) is 14.0 Å². The van der Waals surface area contributed by atoms with Crippen LogP contribution in [0, 0.1) is 5.82 Å². The van der Waals surface area contributed by atoms with Crippen LogP contribution in [0.3, 0.4) is 0 Å². The lowest BCUT2D eigenvalue weighted by atomic mass is 10.0. The predicted molar refractivity (Wildman–Crippen MR) is 145 cm³/mol. The number of nitrogens with zero attached hydrogens (tertiary/aromatic N) is 2. The van der Waals surface area contributed by atoms with Crippen LogP contribution in [-0.2, 0) is 27.0 Å². The van der Waals surface area contributed by atoms with Gasteiger partial charge in [0.2, 0.25) is 15.9 Å². The van der Waals surface area contributed by atoms with Crippen LogP contribution in [0.15, 0.2) is 84.9 Å². The third-order valence-corrected chi connectivity index (χ3v) is 8.56. The molecular formula is C29H34FN3O3S. The molecule has 37 heavy (non-hydrogen) atoms. The monoisotopic (exact) mass is 523 g/mol. The number of hydrogen-bond acceptors (Lipinski definition) is 4. The molecule has 0 spiro atoms. The van der Waals surface area contributed by atoms with Gasteiger partial charge in [-0.25, -0.2) is 12.8 Å². The summed E-state index contributed by atoms with van der Waals surface area (Å²) in [5.74, 6) is -0.615. The Kier molecular flexibility index (Phi) is 8.95. The number of piperidine rings is 1. The van der Waals surface area contributed by atoms with E-state index in [0.717, 1.165) is 31.5 Å². The lowest BCUT2D eigenvalue weighted by Crippen LogP contribution is -2.51. The van der Waals surface area contributed by atoms with Gasteiger partial charge in [0.15, 0.2) is 0 Å². The first-order valence-electron chi connectivity index (χ1n) is 12.7. The summed E-state index contributed by atoms with van der Waals surface area (Å²) in [6.07, 6.45) is 1.54. The topological polar surface area (TPSA) is 69.7 Å². The highest BCUT2D eigenvalue weighted by Crippen LogP contribution is 2.23. The maximum atomic E-state index is 13.9. The zero-order valence-electron chi connectivity index (χ0n) is 21.1. The summed E-state index contributed by atoms with van der Waals surface area (Å²) < 4.78 is 42.4. The van der Waals surface area contributed by atoms with Crippen LogP contribution in [0.25, 0.3) is 0 Å². The Hall–Kier alpha value is -3.23. The Morgan fingerprint density at radius 1 is 0.973 bits per heavy atom. The van der Waals surface area contributed by atoms with Gasteiger partial charge in [0, 0.05) is 31.7 Å². The number of benzene rings is 3. The lowest BCUT2D eigenvalue weighted by Gasteiger charge is -2.38. The maximum Gasteiger partial charge on any atom is 0.239 e. The van der Waals surface area contributed by atoms with Crippen molar-refractivity contribution in [2.75, 3.05) is 23.9 Å². The summed E-state index contributed by atoms with van der Waals surface area (Å²) in [4.78, 5) is 14.7. The number of amides is 1. The van der Waals surface area contributed by atoms with Crippen molar-refractivity contribution in [1.29, 1.82) is 0 Å². The minimum absolute atomic E-state index is 0.0131. The van der Waals surface area contributed by atoms with Gasteiger partial charge in [0.25, 0.3) is 0 Å². The van der Waals surface area contributed by atoms with Gasteiger partial charge in [0.05, 0.1) is 17.9 Å². The Balaban J connectivity index is 1.36. The number of carbonyl (C=O) groups excluding carboxylic acids is 1. The second-order valence-electron chi connectivity index (χ2n) is 9.60. The van der Waals surface area contributed by atoms with E-state index < -0.39 is 10.0 Å². The average molecular weight is 524 g/mol. The highest BCUT2D eigenvalue weighted by molar-refractivity contribution is 7.92. The van der Waals surface area contributed by atoms with Crippen LogP contribution in [0.5, 0.6) is 0 Å². The van der Waals surface area contributed by atoms with Crippen molar-refractivity contribution in [3.8, 4) is 0 Å². The zero-order valence-corrected chi connectivity index (χ0v) is 21.9. The molecule has 0 unspecified atom stereocenters. The highest BCUT2D eigenvalue weighted by Gasteiger charge is 2.29. The predicted octanol–water partition coefficient (Wildman–Crippen LogP) is 4.37. The van der Waals surface area contributed by atoms with Crippen molar-refractivity contribution in [2.45, 2.75) is 44.0 Å². The molecule has 0 bridgehead atoms. The van der Waals surface area contributed by atoms with Crippen molar-refractivity contribution in [1.82, 2.24) is 10.2 Å². The standard InChI is InChI=1S/C29H34FN3O3S/c1-23(32-18-16-26(17-19-32)31-29(34)20-25-12-8-9-15-28(25)30)21-33(27-13-6-3-7-14-27)37(35,36)22-24-10-4-2-5-11-24/h2-15,23,26H,16-22H2,1H3,(H,31,34)/t23-/m1/s1. The number of nitrogens with one attached hydrogen (secondary N) is 1. The largest absolute Gasteiger partial charge is 0.353 e. The molecule has 6 nitrogen and oxygen atoms in total. The first-order valence-corrected chi connectivity index (χ1v) is 14.3. The van der Waals surface area contributed by atoms with Gasteiger partial charge in [-0.15, -0.1) is 0 Å². The second-order valence-corrected chi connectivity index (χ2v) is 11.5. The van der Waals surface area contributed by atoms with Crippen LogP contribution < -0.4 is 9.62 Å². The quantitative estimate of drug-likeness (QED) is 0.428. The van der Waals surface area contributed by atoms with E-state index in [2.05, 4.69) is 10.2 Å². The number of anilines is 1. The van der Waals surface area contributed by atoms with Crippen molar-refractivity contribution >= 4 is 21.6 Å². The summed E-state index contributed by atoms with van der Waals surface area (Å²) in [5, 5.41) is 3.03. The van der Waals surface area contributed by atoms with Crippen LogP contribution in [0.4, 0.5) is 10.1 Å². The molecule has 196 valence electrons. The van der Waals surface area contributed by atoms with Crippen LogP contribution in [-0.4, -0.2) is 50.9 Å². The van der Waals surface area contributed by atoms with Gasteiger partial charge < -0.3 is 5.32 Å². The number of halogens is 1. The minimum Gasteiger partial charge on any atom is -0.353 e. The Labute approximate surface area is 219 Å². The molecule has 0 aromatic heterocycles. The molecule has 1 N–H and O–H groups in total. The van der Waals surface area contributed by atoms with Gasteiger partial charge in [0.1, 0.15) is 5.82 Å². The van der Waals surface area contributed by atoms with Gasteiger partial charge >= 0.3 is 0 Å². The first-order chi connectivity index (χ1) is 17.8. The van der Waals surface area contributed by atoms with Crippen molar-refractivity contribution in [3.05, 3.63) is 102 Å². The molecular weight excluding hydrogens is 489 g/mol. The van der Waals surface area contributed by atoms with Crippen molar-refractivity contribution < 1.29 is 17.6 Å². The molecule has 1 fully saturated rings. The summed E-state index contributed by atoms with van der Waals surface area (Å²) in [6.45, 7) is 3.87. The number of likely N-dealkylation sites (tertiary alicyclic amines) is 1. The van der Waals surface area contributed by atoms with Crippen LogP contribution in [0.1, 0.15) is 30.9 Å². The molecule has 8 heteroatoms. The number of carbonyl (C=O) groups is 1. The maximum absolute atomic E-state index is 13.9. The summed E-state index contributed by atoms with van der Waals surface area (Å²) in [7, 11) is -3.60. The molecule has 3 aromatic carbocycles. The molecule has 0 aliphatic carbocycles. The smallest absolute Gasteiger partial charge is 0.239 e. The SMILES string of the molecule is C[C@H](CN(c1ccccc1)S(=O)(=O)Cc1ccccc1)N1CCC(NC(=O)Cc2ccccc2F)CC1. The fourth-order valence-electron chi connectivity index (χ4n) is 4.77. The van der Waals surface area contributed by atoms with Gasteiger partial charge in [-0.2, -0.15) is 0 Å². The number of sulfonamides is 1. The number of rotatable bonds is 10. The summed E-state index contributed by atoms with van der Waals surface area (Å²) >= 11 is 0. The van der Waals surface area contributed by atoms with Crippen LogP contribution >= 0.6 is 0 Å². The zero-order chi connectivity index (χ0) is 26.3. The summed E-state index contributed by atoms with van der Waals surface area (Å²) in [5.41, 5.74) is 1.80. The van der Waals surface area contributed by atoms with Crippen molar-refractivity contribution in [3.63, 3.8) is 0 Å². The molecule has 0 radical (unpaired) electrons. The third-order valence-electron chi connectivity index (χ3n) is 6.83. The van der Waals surface area contributed by atoms with E-state index >= 15 is 0 Å². The van der Waals surface area contributed by atoms with E-state index in [1.807, 2.05) is 67.6 Å². The first kappa shape index (κ1) is 26.8. The highest BCUT2D eigenvalue weighted by atomic mass is 32.2. The molecule has 1 aliphatic heterocycles. The van der Waals surface area contributed by atoms with Gasteiger partial charge in [-0.1, -0.05) is 66.7 Å². The van der Waals surface area contributed by atoms with Crippen molar-refractivity contribution in [2.24, 2.45) is 0 Å². The molecule has 0 saturated carbocycles. The fraction of sp³-hybridized carbons (Fsp3) is 0.345. The Morgan fingerprint density at radius 2 is 1.57 bits per heavy atom. The van der Waals surface area contributed by atoms with E-state index in [1.54, 1.807) is 18.2 Å². The van der Waals surface area contributed by atoms with E-state index in [1.165, 1.54) is 10.4 Å². The Morgan fingerprint density at radius 3 is 2.22 bits per heavy atom. The molecule has 1 saturated heterocycles. The molecule has 1 atom stereocenters. The van der Waals surface area contributed by atoms with E-state index in [0.29, 0.717) is 17.8 Å². The molecule has 1 aliphatic rings. The normalized spacial score (nSPS) is 15.7. The molecule has 1 heterocycles. The summed E-state index contributed by atoms with van der Waals surface area (Å²) in [6, 6.07) is 24.8. The molecule has 1 amide bonds. The molecule has 3 aromatic rings. The Bertz CT molecular complexity index is 1260. The number of hydrogen-bond donors (Lipinski definition) is 1. The number of para-hydroxylation sites is 1. The average Bonchev–Trinajstić information content (AvgIpc) is 2.89. The molecule has 4 rings (SSSR count). The second kappa shape index (κ2) is 12.3. The van der Waals surface area contributed by atoms with Gasteiger partial charge in [-0.05, 0) is 49.1 Å².